The third-order valence-electron chi connectivity index (χ3n) is 7.97. The molecule has 1 heterocycles. The van der Waals surface area contributed by atoms with E-state index in [1.54, 1.807) is 7.11 Å². The summed E-state index contributed by atoms with van der Waals surface area (Å²) in [4.78, 5) is 0. The van der Waals surface area contributed by atoms with Crippen LogP contribution in [-0.2, 0) is 20.2 Å². The summed E-state index contributed by atoms with van der Waals surface area (Å²) in [6.07, 6.45) is 3.44. The molecule has 194 valence electrons. The lowest BCUT2D eigenvalue weighted by Gasteiger charge is -2.43. The zero-order chi connectivity index (χ0) is 26.1. The number of aliphatic hydroxyl groups excluding tert-OH is 1. The van der Waals surface area contributed by atoms with Crippen molar-refractivity contribution in [2.45, 2.75) is 116 Å². The summed E-state index contributed by atoms with van der Waals surface area (Å²) < 4.78 is 25.8. The Kier molecular flexibility index (Phi) is 9.10. The summed E-state index contributed by atoms with van der Waals surface area (Å²) in [5.74, 6) is 0.679. The van der Waals surface area contributed by atoms with Crippen molar-refractivity contribution in [2.75, 3.05) is 7.11 Å². The molecule has 34 heavy (non-hydrogen) atoms. The molecule has 0 radical (unpaired) electrons. The van der Waals surface area contributed by atoms with Crippen LogP contribution in [0.3, 0.4) is 0 Å². The van der Waals surface area contributed by atoms with Crippen molar-refractivity contribution < 1.29 is 23.4 Å². The van der Waals surface area contributed by atoms with E-state index in [1.165, 1.54) is 0 Å². The summed E-state index contributed by atoms with van der Waals surface area (Å²) in [6, 6.07) is 5.78. The largest absolute Gasteiger partial charge is 0.496 e. The first-order chi connectivity index (χ1) is 15.4. The second-order valence-electron chi connectivity index (χ2n) is 12.5. The lowest BCUT2D eigenvalue weighted by molar-refractivity contribution is 0.0405. The number of hydrogen-bond acceptors (Lipinski definition) is 5. The maximum atomic E-state index is 9.92. The van der Waals surface area contributed by atoms with Crippen molar-refractivity contribution in [2.24, 2.45) is 0 Å². The van der Waals surface area contributed by atoms with Crippen LogP contribution in [0.1, 0.15) is 59.6 Å². The van der Waals surface area contributed by atoms with Gasteiger partial charge in [-0.05, 0) is 54.8 Å². The molecule has 0 aromatic heterocycles. The van der Waals surface area contributed by atoms with Gasteiger partial charge in [-0.3, -0.25) is 0 Å². The average Bonchev–Trinajstić information content (AvgIpc) is 2.98. The predicted octanol–water partition coefficient (Wildman–Crippen LogP) is 6.77. The monoisotopic (exact) mass is 508 g/mol. The molecule has 1 aromatic carbocycles. The molecule has 2 rings (SSSR count). The van der Waals surface area contributed by atoms with Crippen LogP contribution in [0.4, 0.5) is 0 Å². The van der Waals surface area contributed by atoms with Gasteiger partial charge in [-0.2, -0.15) is 0 Å². The molecule has 4 atom stereocenters. The molecule has 0 saturated carbocycles. The van der Waals surface area contributed by atoms with Gasteiger partial charge in [-0.15, -0.1) is 0 Å². The molecule has 1 aliphatic heterocycles. The fraction of sp³-hybridized carbons (Fsp3) is 0.704. The summed E-state index contributed by atoms with van der Waals surface area (Å²) >= 11 is 0. The van der Waals surface area contributed by atoms with E-state index in [2.05, 4.69) is 80.7 Å². The number of ether oxygens (including phenoxy) is 2. The minimum absolute atomic E-state index is 0.0749. The molecule has 0 bridgehead atoms. The van der Waals surface area contributed by atoms with Crippen LogP contribution in [0, 0.1) is 0 Å². The van der Waals surface area contributed by atoms with E-state index < -0.39 is 16.6 Å². The topological polar surface area (TPSA) is 57.2 Å². The number of aliphatic hydroxyl groups is 1. The summed E-state index contributed by atoms with van der Waals surface area (Å²) in [5, 5.41) is 10.1. The fourth-order valence-electron chi connectivity index (χ4n) is 3.64. The Labute approximate surface area is 210 Å². The van der Waals surface area contributed by atoms with Gasteiger partial charge in [-0.25, -0.2) is 0 Å². The van der Waals surface area contributed by atoms with E-state index in [4.69, 9.17) is 18.3 Å². The first kappa shape index (κ1) is 29.3. The molecule has 0 spiro atoms. The van der Waals surface area contributed by atoms with E-state index in [0.717, 1.165) is 11.1 Å². The second-order valence-corrected chi connectivity index (χ2v) is 22.0. The molecule has 1 saturated heterocycles. The normalized spacial score (nSPS) is 24.7. The van der Waals surface area contributed by atoms with Crippen LogP contribution in [0.25, 0.3) is 6.08 Å². The van der Waals surface area contributed by atoms with Crippen molar-refractivity contribution in [3.8, 4) is 5.75 Å². The molecule has 1 N–H and O–H groups in total. The Morgan fingerprint density at radius 3 is 1.94 bits per heavy atom. The minimum atomic E-state index is -2.08. The Hall–Kier alpha value is -0.966. The number of hydrogen-bond donors (Lipinski definition) is 1. The molecular weight excluding hydrogens is 460 g/mol. The van der Waals surface area contributed by atoms with E-state index in [0.29, 0.717) is 5.75 Å². The molecular formula is C27H48O5Si2. The third kappa shape index (κ3) is 6.42. The highest BCUT2D eigenvalue weighted by molar-refractivity contribution is 6.74. The van der Waals surface area contributed by atoms with Crippen molar-refractivity contribution in [1.29, 1.82) is 0 Å². The van der Waals surface area contributed by atoms with E-state index in [1.807, 2.05) is 24.3 Å². The maximum Gasteiger partial charge on any atom is 0.192 e. The van der Waals surface area contributed by atoms with Gasteiger partial charge in [0.2, 0.25) is 0 Å². The van der Waals surface area contributed by atoms with Crippen LogP contribution >= 0.6 is 0 Å². The molecule has 0 aliphatic carbocycles. The molecule has 0 amide bonds. The number of rotatable bonds is 8. The Bertz CT molecular complexity index is 852. The van der Waals surface area contributed by atoms with Gasteiger partial charge in [0, 0.05) is 5.56 Å². The van der Waals surface area contributed by atoms with Gasteiger partial charge >= 0.3 is 0 Å². The lowest BCUT2D eigenvalue weighted by Crippen LogP contribution is -2.53. The van der Waals surface area contributed by atoms with Crippen LogP contribution in [-0.4, -0.2) is 53.3 Å². The van der Waals surface area contributed by atoms with Gasteiger partial charge in [0.15, 0.2) is 16.6 Å². The van der Waals surface area contributed by atoms with Crippen molar-refractivity contribution >= 4 is 22.7 Å². The van der Waals surface area contributed by atoms with E-state index in [-0.39, 0.29) is 41.1 Å². The predicted molar refractivity (Wildman–Crippen MR) is 146 cm³/mol. The Balaban J connectivity index is 2.45. The van der Waals surface area contributed by atoms with E-state index >= 15 is 0 Å². The molecule has 1 fully saturated rings. The number of methoxy groups -OCH3 is 1. The lowest BCUT2D eigenvalue weighted by atomic mass is 10.0. The van der Waals surface area contributed by atoms with Gasteiger partial charge in [-0.1, -0.05) is 65.8 Å². The summed E-state index contributed by atoms with van der Waals surface area (Å²) in [7, 11) is -2.50. The Morgan fingerprint density at radius 1 is 0.941 bits per heavy atom. The fourth-order valence-corrected chi connectivity index (χ4v) is 6.30. The van der Waals surface area contributed by atoms with Gasteiger partial charge in [0.05, 0.1) is 25.9 Å². The van der Waals surface area contributed by atoms with E-state index in [9.17, 15) is 5.11 Å². The van der Waals surface area contributed by atoms with Crippen LogP contribution in [0.2, 0.25) is 36.3 Å². The molecule has 1 aliphatic rings. The molecule has 1 aromatic rings. The first-order valence-electron chi connectivity index (χ1n) is 12.4. The summed E-state index contributed by atoms with van der Waals surface area (Å²) in [5.41, 5.74) is 1.68. The van der Waals surface area contributed by atoms with Crippen molar-refractivity contribution in [3.63, 3.8) is 0 Å². The van der Waals surface area contributed by atoms with Gasteiger partial charge < -0.3 is 23.4 Å². The maximum absolute atomic E-state index is 9.92. The average molecular weight is 509 g/mol. The highest BCUT2D eigenvalue weighted by Gasteiger charge is 2.51. The van der Waals surface area contributed by atoms with Crippen molar-refractivity contribution in [3.05, 3.63) is 35.4 Å². The standard InChI is InChI=1S/C27H48O5Si2/c1-19-24(31-33(9,10)26(2,3)4)25(32-34(11,12)27(5,6)7)23(30-19)17-16-20-14-13-15-22(29-8)21(20)18-28/h13-17,19,23-25,28H,18H2,1-12H3/b17-16+/t19-,23+,24+,25+/m0/s1. The van der Waals surface area contributed by atoms with Crippen LogP contribution in [0.5, 0.6) is 5.75 Å². The quantitative estimate of drug-likeness (QED) is 0.393. The van der Waals surface area contributed by atoms with Gasteiger partial charge in [0.25, 0.3) is 0 Å². The zero-order valence-corrected chi connectivity index (χ0v) is 25.5. The summed E-state index contributed by atoms with van der Waals surface area (Å²) in [6.45, 7) is 24.7. The van der Waals surface area contributed by atoms with Crippen molar-refractivity contribution in [1.82, 2.24) is 0 Å². The minimum Gasteiger partial charge on any atom is -0.496 e. The smallest absolute Gasteiger partial charge is 0.192 e. The molecule has 0 unspecified atom stereocenters. The highest BCUT2D eigenvalue weighted by Crippen LogP contribution is 2.43. The Morgan fingerprint density at radius 2 is 1.47 bits per heavy atom. The second kappa shape index (κ2) is 10.6. The first-order valence-corrected chi connectivity index (χ1v) is 18.2. The third-order valence-corrected chi connectivity index (χ3v) is 16.9. The number of benzene rings is 1. The van der Waals surface area contributed by atoms with Gasteiger partial charge in [0.1, 0.15) is 18.0 Å². The van der Waals surface area contributed by atoms with Crippen LogP contribution < -0.4 is 4.74 Å². The zero-order valence-electron chi connectivity index (χ0n) is 23.5. The highest BCUT2D eigenvalue weighted by atomic mass is 28.4. The molecule has 7 heteroatoms. The molecule has 5 nitrogen and oxygen atoms in total. The van der Waals surface area contributed by atoms with Crippen LogP contribution in [0.15, 0.2) is 24.3 Å². The SMILES string of the molecule is COc1cccc(/C=C/[C@H]2O[C@@H](C)[C@@H](O[Si](C)(C)C(C)(C)C)[C@@H]2O[Si](C)(C)C(C)(C)C)c1CO.